The van der Waals surface area contributed by atoms with Crippen LogP contribution in [0.5, 0.6) is 0 Å². The van der Waals surface area contributed by atoms with E-state index in [9.17, 15) is 10.0 Å². The van der Waals surface area contributed by atoms with Crippen LogP contribution in [0.1, 0.15) is 48.1 Å². The van der Waals surface area contributed by atoms with E-state index < -0.39 is 7.12 Å². The SMILES string of the molecule is Cc1nc(Nc2ccc(C#N)nc2)cc(C2CCCCN2Cc2cccc(B(O)O)c2)n1. The lowest BCUT2D eigenvalue weighted by atomic mass is 9.79. The zero-order chi connectivity index (χ0) is 22.5. The van der Waals surface area contributed by atoms with Crippen LogP contribution in [-0.4, -0.2) is 43.6 Å². The van der Waals surface area contributed by atoms with Crippen LogP contribution < -0.4 is 10.8 Å². The minimum atomic E-state index is -1.47. The molecule has 1 saturated heterocycles. The van der Waals surface area contributed by atoms with Gasteiger partial charge in [-0.15, -0.1) is 0 Å². The van der Waals surface area contributed by atoms with Crippen molar-refractivity contribution in [3.63, 3.8) is 0 Å². The number of hydrogen-bond donors (Lipinski definition) is 3. The summed E-state index contributed by atoms with van der Waals surface area (Å²) in [6.45, 7) is 3.53. The lowest BCUT2D eigenvalue weighted by Crippen LogP contribution is -2.35. The van der Waals surface area contributed by atoms with E-state index in [4.69, 9.17) is 10.2 Å². The second kappa shape index (κ2) is 9.87. The number of likely N-dealkylation sites (tertiary alicyclic amines) is 1. The van der Waals surface area contributed by atoms with Gasteiger partial charge in [0.2, 0.25) is 0 Å². The number of piperidine rings is 1. The normalized spacial score (nSPS) is 16.4. The molecule has 0 radical (unpaired) electrons. The van der Waals surface area contributed by atoms with Crippen molar-refractivity contribution in [2.24, 2.45) is 0 Å². The molecule has 0 bridgehead atoms. The molecule has 0 saturated carbocycles. The third-order valence-electron chi connectivity index (χ3n) is 5.60. The summed E-state index contributed by atoms with van der Waals surface area (Å²) in [6, 6.07) is 15.0. The summed E-state index contributed by atoms with van der Waals surface area (Å²) in [6.07, 6.45) is 4.86. The number of benzene rings is 1. The summed E-state index contributed by atoms with van der Waals surface area (Å²) in [7, 11) is -1.47. The average molecular weight is 428 g/mol. The quantitative estimate of drug-likeness (QED) is 0.512. The van der Waals surface area contributed by atoms with Gasteiger partial charge in [-0.1, -0.05) is 30.7 Å². The van der Waals surface area contributed by atoms with Crippen LogP contribution in [0.15, 0.2) is 48.7 Å². The number of anilines is 2. The van der Waals surface area contributed by atoms with Crippen molar-refractivity contribution in [3.8, 4) is 6.07 Å². The molecule has 1 aliphatic rings. The van der Waals surface area contributed by atoms with E-state index in [-0.39, 0.29) is 6.04 Å². The summed E-state index contributed by atoms with van der Waals surface area (Å²) in [4.78, 5) is 15.7. The first-order valence-corrected chi connectivity index (χ1v) is 10.7. The Morgan fingerprint density at radius 1 is 1.19 bits per heavy atom. The van der Waals surface area contributed by atoms with Crippen molar-refractivity contribution >= 4 is 24.1 Å². The van der Waals surface area contributed by atoms with Gasteiger partial charge in [-0.3, -0.25) is 4.90 Å². The van der Waals surface area contributed by atoms with E-state index in [1.165, 1.54) is 0 Å². The molecule has 0 amide bonds. The number of nitrogens with one attached hydrogen (secondary N) is 1. The minimum absolute atomic E-state index is 0.146. The van der Waals surface area contributed by atoms with Gasteiger partial charge in [0.15, 0.2) is 0 Å². The van der Waals surface area contributed by atoms with Crippen molar-refractivity contribution in [3.05, 3.63) is 71.4 Å². The van der Waals surface area contributed by atoms with Gasteiger partial charge in [-0.25, -0.2) is 15.0 Å². The van der Waals surface area contributed by atoms with Crippen LogP contribution in [0.25, 0.3) is 0 Å². The van der Waals surface area contributed by atoms with Crippen molar-refractivity contribution in [1.82, 2.24) is 19.9 Å². The molecule has 1 aliphatic heterocycles. The lowest BCUT2D eigenvalue weighted by molar-refractivity contribution is 0.137. The molecule has 8 nitrogen and oxygen atoms in total. The zero-order valence-electron chi connectivity index (χ0n) is 17.9. The van der Waals surface area contributed by atoms with Gasteiger partial charge in [-0.2, -0.15) is 5.26 Å². The van der Waals surface area contributed by atoms with E-state index in [1.807, 2.05) is 37.3 Å². The molecule has 162 valence electrons. The van der Waals surface area contributed by atoms with Gasteiger partial charge < -0.3 is 15.4 Å². The molecule has 1 aromatic carbocycles. The molecule has 1 atom stereocenters. The van der Waals surface area contributed by atoms with Crippen LogP contribution >= 0.6 is 0 Å². The molecule has 9 heteroatoms. The fraction of sp³-hybridized carbons (Fsp3) is 0.304. The smallest absolute Gasteiger partial charge is 0.423 e. The standard InChI is InChI=1S/C23H25BN6O2/c1-16-27-21(12-23(28-16)29-20-9-8-19(13-25)26-14-20)22-7-2-3-10-30(22)15-17-5-4-6-18(11-17)24(31)32/h4-6,8-9,11-12,14,22,31-32H,2-3,7,10,15H2,1H3,(H,27,28,29). The second-order valence-electron chi connectivity index (χ2n) is 7.99. The molecule has 3 aromatic rings. The summed E-state index contributed by atoms with van der Waals surface area (Å²) in [5, 5.41) is 31.2. The van der Waals surface area contributed by atoms with Crippen LogP contribution in [0.3, 0.4) is 0 Å². The Labute approximate surface area is 187 Å². The summed E-state index contributed by atoms with van der Waals surface area (Å²) < 4.78 is 0. The Bertz CT molecular complexity index is 1120. The number of rotatable bonds is 6. The highest BCUT2D eigenvalue weighted by Gasteiger charge is 2.26. The minimum Gasteiger partial charge on any atom is -0.423 e. The van der Waals surface area contributed by atoms with Gasteiger partial charge in [0.1, 0.15) is 23.4 Å². The van der Waals surface area contributed by atoms with Crippen molar-refractivity contribution in [2.45, 2.75) is 38.8 Å². The monoisotopic (exact) mass is 428 g/mol. The highest BCUT2D eigenvalue weighted by atomic mass is 16.4. The molecule has 3 N–H and O–H groups in total. The number of hydrogen-bond acceptors (Lipinski definition) is 8. The number of nitrogens with zero attached hydrogens (tertiary/aromatic N) is 5. The maximum atomic E-state index is 9.49. The van der Waals surface area contributed by atoms with Gasteiger partial charge in [0.05, 0.1) is 23.6 Å². The molecule has 4 rings (SSSR count). The van der Waals surface area contributed by atoms with Crippen molar-refractivity contribution < 1.29 is 10.0 Å². The second-order valence-corrected chi connectivity index (χ2v) is 7.99. The lowest BCUT2D eigenvalue weighted by Gasteiger charge is -2.35. The fourth-order valence-electron chi connectivity index (χ4n) is 4.11. The molecule has 0 spiro atoms. The Morgan fingerprint density at radius 3 is 2.81 bits per heavy atom. The Balaban J connectivity index is 1.56. The van der Waals surface area contributed by atoms with E-state index in [0.717, 1.165) is 42.8 Å². The summed E-state index contributed by atoms with van der Waals surface area (Å²) in [5.74, 6) is 1.37. The maximum Gasteiger partial charge on any atom is 0.488 e. The third-order valence-corrected chi connectivity index (χ3v) is 5.60. The summed E-state index contributed by atoms with van der Waals surface area (Å²) in [5.41, 5.74) is 3.62. The Hall–Kier alpha value is -3.32. The Kier molecular flexibility index (Phi) is 6.76. The van der Waals surface area contributed by atoms with Gasteiger partial charge >= 0.3 is 7.12 Å². The summed E-state index contributed by atoms with van der Waals surface area (Å²) >= 11 is 0. The predicted molar refractivity (Wildman–Crippen MR) is 122 cm³/mol. The van der Waals surface area contributed by atoms with Crippen LogP contribution in [-0.2, 0) is 6.54 Å². The van der Waals surface area contributed by atoms with Gasteiger partial charge in [0, 0.05) is 12.6 Å². The molecular weight excluding hydrogens is 403 g/mol. The third kappa shape index (κ3) is 5.29. The number of aryl methyl sites for hydroxylation is 1. The van der Waals surface area contributed by atoms with Crippen LogP contribution in [0.2, 0.25) is 0 Å². The number of nitriles is 1. The molecule has 0 aliphatic carbocycles. The van der Waals surface area contributed by atoms with E-state index >= 15 is 0 Å². The van der Waals surface area contributed by atoms with E-state index in [0.29, 0.717) is 29.3 Å². The highest BCUT2D eigenvalue weighted by molar-refractivity contribution is 6.58. The molecular formula is C23H25BN6O2. The van der Waals surface area contributed by atoms with E-state index in [1.54, 1.807) is 24.4 Å². The average Bonchev–Trinajstić information content (AvgIpc) is 2.80. The first-order valence-electron chi connectivity index (χ1n) is 10.7. The fourth-order valence-corrected chi connectivity index (χ4v) is 4.11. The zero-order valence-corrected chi connectivity index (χ0v) is 17.9. The predicted octanol–water partition coefficient (Wildman–Crippen LogP) is 2.20. The van der Waals surface area contributed by atoms with Crippen molar-refractivity contribution in [1.29, 1.82) is 5.26 Å². The van der Waals surface area contributed by atoms with Crippen molar-refractivity contribution in [2.75, 3.05) is 11.9 Å². The largest absolute Gasteiger partial charge is 0.488 e. The van der Waals surface area contributed by atoms with Crippen LogP contribution in [0, 0.1) is 18.3 Å². The first-order chi connectivity index (χ1) is 15.5. The number of pyridine rings is 1. The number of aromatic nitrogens is 3. The van der Waals surface area contributed by atoms with E-state index in [2.05, 4.69) is 20.2 Å². The molecule has 3 heterocycles. The first kappa shape index (κ1) is 21.9. The molecule has 2 aromatic heterocycles. The van der Waals surface area contributed by atoms with Gasteiger partial charge in [-0.05, 0) is 49.5 Å². The van der Waals surface area contributed by atoms with Gasteiger partial charge in [0.25, 0.3) is 0 Å². The topological polar surface area (TPSA) is 118 Å². The molecule has 32 heavy (non-hydrogen) atoms. The maximum absolute atomic E-state index is 9.49. The molecule has 1 unspecified atom stereocenters. The Morgan fingerprint density at radius 2 is 2.06 bits per heavy atom. The van der Waals surface area contributed by atoms with Crippen LogP contribution in [0.4, 0.5) is 11.5 Å². The highest BCUT2D eigenvalue weighted by Crippen LogP contribution is 2.32. The molecule has 1 fully saturated rings.